The summed E-state index contributed by atoms with van der Waals surface area (Å²) in [5.41, 5.74) is 5.19. The number of hydrogen-bond acceptors (Lipinski definition) is 4. The van der Waals surface area contributed by atoms with Crippen LogP contribution >= 0.6 is 0 Å². The summed E-state index contributed by atoms with van der Waals surface area (Å²) >= 11 is 0. The lowest BCUT2D eigenvalue weighted by atomic mass is 10.3. The molecule has 0 aliphatic heterocycles. The molecule has 0 bridgehead atoms. The number of carbonyl (C=O) groups is 1. The van der Waals surface area contributed by atoms with E-state index in [-0.39, 0.29) is 12.7 Å². The topological polar surface area (TPSA) is 81.8 Å². The molecule has 0 aliphatic carbocycles. The van der Waals surface area contributed by atoms with Crippen molar-refractivity contribution in [3.63, 3.8) is 0 Å². The number of nitrogens with two attached hydrogens (primary N) is 1. The molecule has 3 N–H and O–H groups in total. The molecule has 0 spiro atoms. The summed E-state index contributed by atoms with van der Waals surface area (Å²) < 4.78 is 10.1. The van der Waals surface area contributed by atoms with Crippen LogP contribution < -0.4 is 5.73 Å². The maximum absolute atomic E-state index is 10.2. The van der Waals surface area contributed by atoms with Crippen molar-refractivity contribution < 1.29 is 19.4 Å². The van der Waals surface area contributed by atoms with Crippen LogP contribution in [0.4, 0.5) is 0 Å². The lowest BCUT2D eigenvalue weighted by Crippen LogP contribution is -2.35. The molecule has 0 radical (unpaired) electrons. The van der Waals surface area contributed by atoms with Gasteiger partial charge in [0.1, 0.15) is 6.04 Å². The van der Waals surface area contributed by atoms with E-state index in [4.69, 9.17) is 20.3 Å². The average molecular weight is 191 g/mol. The van der Waals surface area contributed by atoms with Gasteiger partial charge in [-0.05, 0) is 13.8 Å². The molecular formula is C8H17NO4. The number of carboxylic acid groups (broad SMARTS) is 1. The Morgan fingerprint density at radius 3 is 2.54 bits per heavy atom. The highest BCUT2D eigenvalue weighted by molar-refractivity contribution is 5.73. The Bertz CT molecular complexity index is 149. The van der Waals surface area contributed by atoms with Crippen LogP contribution in [0.3, 0.4) is 0 Å². The van der Waals surface area contributed by atoms with Crippen molar-refractivity contribution in [2.24, 2.45) is 5.73 Å². The minimum Gasteiger partial charge on any atom is -0.480 e. The SMILES string of the molecule is CC(C)OCCOCC(N)C(=O)O. The van der Waals surface area contributed by atoms with Crippen LogP contribution in [0.25, 0.3) is 0 Å². The second kappa shape index (κ2) is 6.82. The predicted molar refractivity (Wildman–Crippen MR) is 47.5 cm³/mol. The van der Waals surface area contributed by atoms with E-state index < -0.39 is 12.0 Å². The van der Waals surface area contributed by atoms with E-state index in [0.29, 0.717) is 13.2 Å². The first-order valence-corrected chi connectivity index (χ1v) is 4.21. The number of rotatable bonds is 7. The van der Waals surface area contributed by atoms with Gasteiger partial charge in [0, 0.05) is 0 Å². The first-order valence-electron chi connectivity index (χ1n) is 4.21. The van der Waals surface area contributed by atoms with Crippen LogP contribution in [-0.2, 0) is 14.3 Å². The number of hydrogen-bond donors (Lipinski definition) is 2. The van der Waals surface area contributed by atoms with Crippen molar-refractivity contribution in [3.8, 4) is 0 Å². The van der Waals surface area contributed by atoms with Crippen LogP contribution in [-0.4, -0.2) is 43.0 Å². The zero-order valence-electron chi connectivity index (χ0n) is 8.03. The maximum atomic E-state index is 10.2. The van der Waals surface area contributed by atoms with Gasteiger partial charge in [-0.3, -0.25) is 4.79 Å². The van der Waals surface area contributed by atoms with E-state index in [0.717, 1.165) is 0 Å². The van der Waals surface area contributed by atoms with Crippen molar-refractivity contribution in [3.05, 3.63) is 0 Å². The van der Waals surface area contributed by atoms with E-state index in [1.807, 2.05) is 13.8 Å². The molecule has 0 aliphatic rings. The number of carboxylic acids is 1. The largest absolute Gasteiger partial charge is 0.480 e. The molecule has 0 fully saturated rings. The van der Waals surface area contributed by atoms with Gasteiger partial charge in [-0.2, -0.15) is 0 Å². The van der Waals surface area contributed by atoms with Crippen LogP contribution in [0.15, 0.2) is 0 Å². The zero-order chi connectivity index (χ0) is 10.3. The molecule has 0 amide bonds. The molecule has 78 valence electrons. The highest BCUT2D eigenvalue weighted by Gasteiger charge is 2.10. The molecule has 0 aromatic heterocycles. The summed E-state index contributed by atoms with van der Waals surface area (Å²) in [5, 5.41) is 8.39. The molecule has 5 heteroatoms. The number of aliphatic carboxylic acids is 1. The van der Waals surface area contributed by atoms with Crippen molar-refractivity contribution in [1.82, 2.24) is 0 Å². The molecule has 13 heavy (non-hydrogen) atoms. The zero-order valence-corrected chi connectivity index (χ0v) is 8.03. The Kier molecular flexibility index (Phi) is 6.48. The van der Waals surface area contributed by atoms with Crippen LogP contribution in [0.5, 0.6) is 0 Å². The molecule has 1 unspecified atom stereocenters. The van der Waals surface area contributed by atoms with Gasteiger partial charge < -0.3 is 20.3 Å². The standard InChI is InChI=1S/C8H17NO4/c1-6(2)13-4-3-12-5-7(9)8(10)11/h6-7H,3-5,9H2,1-2H3,(H,10,11). The van der Waals surface area contributed by atoms with Crippen molar-refractivity contribution >= 4 is 5.97 Å². The Balaban J connectivity index is 3.21. The fourth-order valence-electron chi connectivity index (χ4n) is 0.624. The number of ether oxygens (including phenoxy) is 2. The maximum Gasteiger partial charge on any atom is 0.322 e. The van der Waals surface area contributed by atoms with Gasteiger partial charge in [0.15, 0.2) is 0 Å². The van der Waals surface area contributed by atoms with Gasteiger partial charge in [-0.15, -0.1) is 0 Å². The molecule has 0 aromatic rings. The van der Waals surface area contributed by atoms with E-state index in [2.05, 4.69) is 0 Å². The molecule has 0 saturated heterocycles. The molecular weight excluding hydrogens is 174 g/mol. The second-order valence-electron chi connectivity index (χ2n) is 2.94. The fourth-order valence-corrected chi connectivity index (χ4v) is 0.624. The first-order chi connectivity index (χ1) is 6.04. The summed E-state index contributed by atoms with van der Waals surface area (Å²) in [4.78, 5) is 10.2. The first kappa shape index (κ1) is 12.3. The third-order valence-electron chi connectivity index (χ3n) is 1.29. The molecule has 0 saturated carbocycles. The lowest BCUT2D eigenvalue weighted by molar-refractivity contribution is -0.140. The van der Waals surface area contributed by atoms with Crippen LogP contribution in [0.2, 0.25) is 0 Å². The van der Waals surface area contributed by atoms with Gasteiger partial charge >= 0.3 is 5.97 Å². The third-order valence-corrected chi connectivity index (χ3v) is 1.29. The molecule has 1 atom stereocenters. The summed E-state index contributed by atoms with van der Waals surface area (Å²) in [6.45, 7) is 4.70. The highest BCUT2D eigenvalue weighted by Crippen LogP contribution is 1.88. The Hall–Kier alpha value is -0.650. The average Bonchev–Trinajstić information content (AvgIpc) is 2.02. The molecule has 0 rings (SSSR count). The van der Waals surface area contributed by atoms with Crippen LogP contribution in [0, 0.1) is 0 Å². The Labute approximate surface area is 77.8 Å². The summed E-state index contributed by atoms with van der Waals surface area (Å²) in [6, 6.07) is -0.945. The predicted octanol–water partition coefficient (Wildman–Crippen LogP) is -0.160. The fraction of sp³-hybridized carbons (Fsp3) is 0.875. The van der Waals surface area contributed by atoms with Crippen LogP contribution in [0.1, 0.15) is 13.8 Å². The van der Waals surface area contributed by atoms with Gasteiger partial charge in [0.2, 0.25) is 0 Å². The molecule has 0 heterocycles. The Morgan fingerprint density at radius 2 is 2.08 bits per heavy atom. The van der Waals surface area contributed by atoms with E-state index >= 15 is 0 Å². The second-order valence-corrected chi connectivity index (χ2v) is 2.94. The summed E-state index contributed by atoms with van der Waals surface area (Å²) in [6.07, 6.45) is 0.164. The van der Waals surface area contributed by atoms with Gasteiger partial charge in [0.25, 0.3) is 0 Å². The highest BCUT2D eigenvalue weighted by atomic mass is 16.5. The van der Waals surface area contributed by atoms with E-state index in [9.17, 15) is 4.79 Å². The van der Waals surface area contributed by atoms with E-state index in [1.165, 1.54) is 0 Å². The smallest absolute Gasteiger partial charge is 0.322 e. The third kappa shape index (κ3) is 7.70. The van der Waals surface area contributed by atoms with E-state index in [1.54, 1.807) is 0 Å². The van der Waals surface area contributed by atoms with Crippen molar-refractivity contribution in [1.29, 1.82) is 0 Å². The van der Waals surface area contributed by atoms with Gasteiger partial charge in [-0.25, -0.2) is 0 Å². The van der Waals surface area contributed by atoms with Gasteiger partial charge in [0.05, 0.1) is 25.9 Å². The normalized spacial score (nSPS) is 13.2. The quantitative estimate of drug-likeness (QED) is 0.546. The minimum absolute atomic E-state index is 0.0246. The molecule has 0 aromatic carbocycles. The lowest BCUT2D eigenvalue weighted by Gasteiger charge is -2.09. The summed E-state index contributed by atoms with van der Waals surface area (Å²) in [7, 11) is 0. The summed E-state index contributed by atoms with van der Waals surface area (Å²) in [5.74, 6) is -1.05. The van der Waals surface area contributed by atoms with Gasteiger partial charge in [-0.1, -0.05) is 0 Å². The molecule has 5 nitrogen and oxygen atoms in total. The van der Waals surface area contributed by atoms with Crippen molar-refractivity contribution in [2.75, 3.05) is 19.8 Å². The van der Waals surface area contributed by atoms with Crippen molar-refractivity contribution in [2.45, 2.75) is 26.0 Å². The minimum atomic E-state index is -1.05. The Morgan fingerprint density at radius 1 is 1.46 bits per heavy atom. The monoisotopic (exact) mass is 191 g/mol.